The molecule has 0 unspecified atom stereocenters. The molecule has 0 aromatic heterocycles. The Morgan fingerprint density at radius 1 is 0.481 bits per heavy atom. The smallest absolute Gasteiger partial charge is 0.339 e. The summed E-state index contributed by atoms with van der Waals surface area (Å²) in [7, 11) is -9.13. The second-order valence-electron chi connectivity index (χ2n) is 11.0. The molecule has 0 heterocycles. The van der Waals surface area contributed by atoms with Gasteiger partial charge in [0, 0.05) is 47.0 Å². The van der Waals surface area contributed by atoms with E-state index in [1.54, 1.807) is 60.7 Å². The normalized spacial score (nSPS) is 11.0. The van der Waals surface area contributed by atoms with Crippen molar-refractivity contribution < 1.29 is 44.3 Å². The maximum absolute atomic E-state index is 13.2. The van der Waals surface area contributed by atoms with Crippen molar-refractivity contribution in [3.8, 4) is 23.0 Å². The summed E-state index contributed by atoms with van der Waals surface area (Å²) in [6.07, 6.45) is 3.18. The molecule has 0 fully saturated rings. The van der Waals surface area contributed by atoms with E-state index in [0.717, 1.165) is 18.2 Å². The highest BCUT2D eigenvalue weighted by molar-refractivity contribution is 7.88. The van der Waals surface area contributed by atoms with Crippen molar-refractivity contribution in [3.05, 3.63) is 147 Å². The fraction of sp³-hybridized carbons (Fsp3) is 0.0526. The molecular weight excluding hydrogens is 737 g/mol. The summed E-state index contributed by atoms with van der Waals surface area (Å²) >= 11 is 0. The molecule has 278 valence electrons. The van der Waals surface area contributed by atoms with Crippen LogP contribution in [0.1, 0.15) is 0 Å². The quantitative estimate of drug-likeness (QED) is 0.0574. The van der Waals surface area contributed by atoms with Crippen molar-refractivity contribution in [3.63, 3.8) is 0 Å². The molecule has 0 saturated carbocycles. The van der Waals surface area contributed by atoms with E-state index in [1.165, 1.54) is 54.6 Å². The van der Waals surface area contributed by atoms with Gasteiger partial charge in [-0.3, -0.25) is 0 Å². The summed E-state index contributed by atoms with van der Waals surface area (Å²) in [5.74, 6) is 0.739. The number of urea groups is 2. The van der Waals surface area contributed by atoms with Crippen LogP contribution in [0.5, 0.6) is 23.0 Å². The third-order valence-corrected chi connectivity index (χ3v) is 9.38. The highest BCUT2D eigenvalue weighted by atomic mass is 32.2. The van der Waals surface area contributed by atoms with Crippen molar-refractivity contribution >= 4 is 55.0 Å². The molecule has 0 aliphatic carbocycles. The molecule has 16 heteroatoms. The average molecular weight is 771 g/mol. The average Bonchev–Trinajstić information content (AvgIpc) is 3.13. The number of hydrogen-bond acceptors (Lipinski definition) is 10. The Kier molecular flexibility index (Phi) is 12.6. The van der Waals surface area contributed by atoms with E-state index < -0.39 is 42.1 Å². The molecule has 4 amide bonds. The Balaban J connectivity index is 1.21. The lowest BCUT2D eigenvalue weighted by molar-refractivity contribution is 0.261. The zero-order chi connectivity index (χ0) is 38.6. The van der Waals surface area contributed by atoms with Gasteiger partial charge < -0.3 is 39.1 Å². The van der Waals surface area contributed by atoms with E-state index in [4.69, 9.17) is 17.8 Å². The second-order valence-corrected chi connectivity index (χ2v) is 14.1. The van der Waals surface area contributed by atoms with Gasteiger partial charge in [0.2, 0.25) is 0 Å². The number of rotatable bonds is 16. The zero-order valence-electron chi connectivity index (χ0n) is 28.4. The van der Waals surface area contributed by atoms with E-state index in [1.807, 2.05) is 0 Å². The molecule has 0 radical (unpaired) electrons. The summed E-state index contributed by atoms with van der Waals surface area (Å²) in [5.41, 5.74) is 1.31. The Bertz CT molecular complexity index is 2220. The minimum Gasteiger partial charge on any atom is -0.489 e. The van der Waals surface area contributed by atoms with Gasteiger partial charge in [0.25, 0.3) is 0 Å². The van der Waals surface area contributed by atoms with Crippen LogP contribution in [0.25, 0.3) is 0 Å². The molecule has 0 atom stereocenters. The minimum atomic E-state index is -4.56. The van der Waals surface area contributed by atoms with Crippen LogP contribution in [-0.2, 0) is 20.2 Å². The van der Waals surface area contributed by atoms with Gasteiger partial charge in [-0.2, -0.15) is 16.8 Å². The molecule has 5 aromatic rings. The van der Waals surface area contributed by atoms with Gasteiger partial charge in [0.15, 0.2) is 0 Å². The maximum atomic E-state index is 13.2. The Hall–Kier alpha value is -6.78. The number of ether oxygens (including phenoxy) is 2. The first-order valence-corrected chi connectivity index (χ1v) is 18.8. The van der Waals surface area contributed by atoms with Crippen LogP contribution in [-0.4, -0.2) is 42.1 Å². The third kappa shape index (κ3) is 11.1. The monoisotopic (exact) mass is 770 g/mol. The molecular formula is C38H34N4O10S2. The number of anilines is 4. The lowest BCUT2D eigenvalue weighted by Crippen LogP contribution is -2.19. The molecule has 0 saturated heterocycles. The SMILES string of the molecule is C=CCOc1cccc(NC(=O)Nc2cccc(OS(=O)(=O)c3cccc(S(=O)(=O)Oc4cccc(NC(=O)Nc5cccc(OCC=C)c5)c4)c3)c2)c1. The zero-order valence-corrected chi connectivity index (χ0v) is 30.1. The van der Waals surface area contributed by atoms with Crippen LogP contribution in [0, 0.1) is 0 Å². The van der Waals surface area contributed by atoms with Crippen molar-refractivity contribution in [2.24, 2.45) is 0 Å². The number of carbonyl (C=O) groups excluding carboxylic acids is 2. The highest BCUT2D eigenvalue weighted by Crippen LogP contribution is 2.27. The summed E-state index contributed by atoms with van der Waals surface area (Å²) in [6, 6.07) is 27.8. The topological polar surface area (TPSA) is 187 Å². The van der Waals surface area contributed by atoms with Crippen molar-refractivity contribution in [1.82, 2.24) is 0 Å². The van der Waals surface area contributed by atoms with E-state index >= 15 is 0 Å². The lowest BCUT2D eigenvalue weighted by Gasteiger charge is -2.12. The van der Waals surface area contributed by atoms with Crippen molar-refractivity contribution in [1.29, 1.82) is 0 Å². The summed E-state index contributed by atoms with van der Waals surface area (Å²) in [5, 5.41) is 10.5. The summed E-state index contributed by atoms with van der Waals surface area (Å²) < 4.78 is 74.4. The van der Waals surface area contributed by atoms with Crippen LogP contribution in [0.4, 0.5) is 32.3 Å². The first-order chi connectivity index (χ1) is 25.9. The van der Waals surface area contributed by atoms with Crippen molar-refractivity contribution in [2.45, 2.75) is 9.79 Å². The predicted molar refractivity (Wildman–Crippen MR) is 205 cm³/mol. The van der Waals surface area contributed by atoms with Crippen molar-refractivity contribution in [2.75, 3.05) is 34.5 Å². The molecule has 0 aliphatic rings. The van der Waals surface area contributed by atoms with Crippen LogP contribution in [0.15, 0.2) is 156 Å². The Labute approximate surface area is 312 Å². The van der Waals surface area contributed by atoms with E-state index in [2.05, 4.69) is 34.4 Å². The highest BCUT2D eigenvalue weighted by Gasteiger charge is 2.23. The number of amides is 4. The van der Waals surface area contributed by atoms with Crippen LogP contribution >= 0.6 is 0 Å². The van der Waals surface area contributed by atoms with Gasteiger partial charge in [0.05, 0.1) is 0 Å². The van der Waals surface area contributed by atoms with Gasteiger partial charge in [-0.1, -0.05) is 55.6 Å². The molecule has 5 aromatic carbocycles. The Morgan fingerprint density at radius 3 is 1.15 bits per heavy atom. The van der Waals surface area contributed by atoms with Crippen LogP contribution < -0.4 is 39.1 Å². The number of hydrogen-bond donors (Lipinski definition) is 4. The molecule has 4 N–H and O–H groups in total. The molecule has 0 spiro atoms. The van der Waals surface area contributed by atoms with Crippen LogP contribution in [0.3, 0.4) is 0 Å². The molecule has 0 aliphatic heterocycles. The van der Waals surface area contributed by atoms with Crippen LogP contribution in [0.2, 0.25) is 0 Å². The molecule has 14 nitrogen and oxygen atoms in total. The number of carbonyl (C=O) groups is 2. The summed E-state index contributed by atoms with van der Waals surface area (Å²) in [6.45, 7) is 7.77. The molecule has 5 rings (SSSR count). The third-order valence-electron chi connectivity index (χ3n) is 6.90. The van der Waals surface area contributed by atoms with Gasteiger partial charge in [-0.05, 0) is 66.7 Å². The first-order valence-electron chi connectivity index (χ1n) is 16.0. The fourth-order valence-electron chi connectivity index (χ4n) is 4.61. The minimum absolute atomic E-state index is 0.154. The van der Waals surface area contributed by atoms with Gasteiger partial charge in [-0.25, -0.2) is 9.59 Å². The maximum Gasteiger partial charge on any atom is 0.339 e. The van der Waals surface area contributed by atoms with E-state index in [9.17, 15) is 26.4 Å². The first kappa shape index (κ1) is 38.5. The van der Waals surface area contributed by atoms with E-state index in [-0.39, 0.29) is 22.9 Å². The lowest BCUT2D eigenvalue weighted by atomic mass is 10.3. The van der Waals surface area contributed by atoms with Gasteiger partial charge in [0.1, 0.15) is 46.0 Å². The van der Waals surface area contributed by atoms with Gasteiger partial charge >= 0.3 is 32.3 Å². The fourth-order valence-corrected chi connectivity index (χ4v) is 6.62. The molecule has 54 heavy (non-hydrogen) atoms. The largest absolute Gasteiger partial charge is 0.489 e. The predicted octanol–water partition coefficient (Wildman–Crippen LogP) is 7.64. The standard InChI is InChI=1S/C38H34N4O10S2/c1-3-20-49-31-14-5-10-27(22-31)39-37(43)41-29-12-7-16-33(24-29)51-53(45,46)35-18-9-19-36(26-35)54(47,48)52-34-17-8-13-30(25-34)42-38(44)40-28-11-6-15-32(23-28)50-21-4-2/h3-19,22-26H,1-2,20-21H2,(H2,39,41,43)(H2,40,42,44). The molecule has 0 bridgehead atoms. The number of nitrogens with one attached hydrogen (secondary N) is 4. The van der Waals surface area contributed by atoms with E-state index in [0.29, 0.717) is 36.1 Å². The Morgan fingerprint density at radius 2 is 0.796 bits per heavy atom. The van der Waals surface area contributed by atoms with Gasteiger partial charge in [-0.15, -0.1) is 0 Å². The summed E-state index contributed by atoms with van der Waals surface area (Å²) in [4.78, 5) is 24.3. The second kappa shape index (κ2) is 17.6. The number of benzene rings is 5.